The Morgan fingerprint density at radius 1 is 1.23 bits per heavy atom. The highest BCUT2D eigenvalue weighted by molar-refractivity contribution is 8.26. The summed E-state index contributed by atoms with van der Waals surface area (Å²) in [6.45, 7) is 5.82. The van der Waals surface area contributed by atoms with E-state index in [1.54, 1.807) is 23.1 Å². The summed E-state index contributed by atoms with van der Waals surface area (Å²) in [6, 6.07) is 15.0. The highest BCUT2D eigenvalue weighted by Gasteiger charge is 2.33. The van der Waals surface area contributed by atoms with E-state index in [-0.39, 0.29) is 24.5 Å². The van der Waals surface area contributed by atoms with Crippen LogP contribution in [0.3, 0.4) is 0 Å². The number of para-hydroxylation sites is 1. The molecular formula is C23H24N2O3S2. The largest absolute Gasteiger partial charge is 0.484 e. The number of anilines is 1. The lowest BCUT2D eigenvalue weighted by Gasteiger charge is -2.18. The van der Waals surface area contributed by atoms with Gasteiger partial charge in [-0.15, -0.1) is 0 Å². The van der Waals surface area contributed by atoms with Crippen LogP contribution >= 0.6 is 24.0 Å². The molecule has 0 bridgehead atoms. The molecule has 1 saturated heterocycles. The minimum atomic E-state index is -0.223. The number of amides is 2. The van der Waals surface area contributed by atoms with Crippen LogP contribution in [0, 0.1) is 0 Å². The van der Waals surface area contributed by atoms with Gasteiger partial charge in [0, 0.05) is 11.7 Å². The minimum Gasteiger partial charge on any atom is -0.484 e. The van der Waals surface area contributed by atoms with Gasteiger partial charge in [-0.2, -0.15) is 0 Å². The van der Waals surface area contributed by atoms with Crippen molar-refractivity contribution in [2.45, 2.75) is 33.2 Å². The molecule has 3 rings (SSSR count). The van der Waals surface area contributed by atoms with Gasteiger partial charge in [0.05, 0.1) is 4.91 Å². The molecule has 0 aromatic heterocycles. The van der Waals surface area contributed by atoms with Gasteiger partial charge in [0.1, 0.15) is 10.1 Å². The van der Waals surface area contributed by atoms with Crippen LogP contribution < -0.4 is 10.1 Å². The molecule has 0 spiro atoms. The van der Waals surface area contributed by atoms with Gasteiger partial charge in [-0.25, -0.2) is 0 Å². The van der Waals surface area contributed by atoms with E-state index in [4.69, 9.17) is 17.0 Å². The summed E-state index contributed by atoms with van der Waals surface area (Å²) in [4.78, 5) is 27.0. The molecule has 2 aromatic rings. The zero-order chi connectivity index (χ0) is 21.7. The summed E-state index contributed by atoms with van der Waals surface area (Å²) in [5, 5.41) is 2.89. The maximum absolute atomic E-state index is 12.6. The third-order valence-electron chi connectivity index (χ3n) is 4.54. The molecule has 1 aliphatic heterocycles. The molecule has 5 nitrogen and oxygen atoms in total. The number of nitrogens with zero attached hydrogens (tertiary/aromatic N) is 1. The van der Waals surface area contributed by atoms with Gasteiger partial charge < -0.3 is 10.1 Å². The van der Waals surface area contributed by atoms with Crippen LogP contribution in [0.2, 0.25) is 0 Å². The summed E-state index contributed by atoms with van der Waals surface area (Å²) in [7, 11) is 0. The van der Waals surface area contributed by atoms with Crippen molar-refractivity contribution in [3.63, 3.8) is 0 Å². The number of thiocarbonyl (C=S) groups is 1. The van der Waals surface area contributed by atoms with Crippen molar-refractivity contribution in [2.24, 2.45) is 0 Å². The van der Waals surface area contributed by atoms with E-state index >= 15 is 0 Å². The normalized spacial score (nSPS) is 15.2. The Morgan fingerprint density at radius 3 is 2.70 bits per heavy atom. The Morgan fingerprint density at radius 2 is 2.00 bits per heavy atom. The number of rotatable bonds is 7. The van der Waals surface area contributed by atoms with E-state index in [0.717, 1.165) is 23.2 Å². The van der Waals surface area contributed by atoms with E-state index in [0.29, 0.717) is 15.0 Å². The van der Waals surface area contributed by atoms with Crippen molar-refractivity contribution in [3.8, 4) is 5.75 Å². The van der Waals surface area contributed by atoms with Crippen molar-refractivity contribution in [1.29, 1.82) is 0 Å². The average Bonchev–Trinajstić information content (AvgIpc) is 3.00. The third-order valence-corrected chi connectivity index (χ3v) is 5.87. The summed E-state index contributed by atoms with van der Waals surface area (Å²) < 4.78 is 6.22. The molecule has 0 saturated carbocycles. The monoisotopic (exact) mass is 440 g/mol. The standard InChI is InChI=1S/C23H24N2O3S2/c1-4-17-9-5-6-11-19(17)24-21(26)14-28-18-10-7-8-16(12-18)13-20-22(27)25(15(2)3)23(29)30-20/h5-13,15H,4,14H2,1-3H3,(H,24,26)/b20-13-. The fraction of sp³-hybridized carbons (Fsp3) is 0.261. The number of thioether (sulfide) groups is 1. The first-order chi connectivity index (χ1) is 14.4. The van der Waals surface area contributed by atoms with Gasteiger partial charge in [-0.1, -0.05) is 61.2 Å². The Hall–Kier alpha value is -2.64. The first-order valence-corrected chi connectivity index (χ1v) is 11.0. The zero-order valence-corrected chi connectivity index (χ0v) is 18.8. The molecule has 30 heavy (non-hydrogen) atoms. The molecular weight excluding hydrogens is 416 g/mol. The highest BCUT2D eigenvalue weighted by Crippen LogP contribution is 2.34. The zero-order valence-electron chi connectivity index (χ0n) is 17.2. The van der Waals surface area contributed by atoms with Gasteiger partial charge in [-0.05, 0) is 55.7 Å². The summed E-state index contributed by atoms with van der Waals surface area (Å²) >= 11 is 6.61. The van der Waals surface area contributed by atoms with Crippen LogP contribution in [0.4, 0.5) is 5.69 Å². The SMILES string of the molecule is CCc1ccccc1NC(=O)COc1cccc(/C=C2\SC(=S)N(C(C)C)C2=O)c1. The maximum Gasteiger partial charge on any atom is 0.266 e. The number of hydrogen-bond donors (Lipinski definition) is 1. The summed E-state index contributed by atoms with van der Waals surface area (Å²) in [6.07, 6.45) is 2.63. The quantitative estimate of drug-likeness (QED) is 0.491. The van der Waals surface area contributed by atoms with Gasteiger partial charge in [-0.3, -0.25) is 14.5 Å². The molecule has 0 radical (unpaired) electrons. The molecule has 2 aromatic carbocycles. The van der Waals surface area contributed by atoms with E-state index < -0.39 is 0 Å². The Bertz CT molecular complexity index is 1000. The Balaban J connectivity index is 1.64. The number of nitrogens with one attached hydrogen (secondary N) is 1. The van der Waals surface area contributed by atoms with Crippen LogP contribution in [0.1, 0.15) is 31.9 Å². The molecule has 7 heteroatoms. The van der Waals surface area contributed by atoms with Crippen molar-refractivity contribution in [2.75, 3.05) is 11.9 Å². The molecule has 1 aliphatic rings. The molecule has 0 atom stereocenters. The lowest BCUT2D eigenvalue weighted by atomic mass is 10.1. The van der Waals surface area contributed by atoms with Crippen molar-refractivity contribution in [3.05, 3.63) is 64.6 Å². The minimum absolute atomic E-state index is 0.0226. The van der Waals surface area contributed by atoms with Crippen LogP contribution in [0.25, 0.3) is 6.08 Å². The first-order valence-electron chi connectivity index (χ1n) is 9.76. The first kappa shape index (κ1) is 22.1. The molecule has 0 aliphatic carbocycles. The fourth-order valence-electron chi connectivity index (χ4n) is 3.06. The summed E-state index contributed by atoms with van der Waals surface area (Å²) in [5.41, 5.74) is 2.69. The number of carbonyl (C=O) groups excluding carboxylic acids is 2. The van der Waals surface area contributed by atoms with E-state index in [2.05, 4.69) is 5.32 Å². The molecule has 0 unspecified atom stereocenters. The topological polar surface area (TPSA) is 58.6 Å². The maximum atomic E-state index is 12.6. The van der Waals surface area contributed by atoms with Gasteiger partial charge >= 0.3 is 0 Å². The number of ether oxygens (including phenoxy) is 1. The number of carbonyl (C=O) groups is 2. The number of aryl methyl sites for hydroxylation is 1. The van der Waals surface area contributed by atoms with Gasteiger partial charge in [0.2, 0.25) is 0 Å². The second kappa shape index (κ2) is 9.91. The molecule has 1 fully saturated rings. The predicted octanol–water partition coefficient (Wildman–Crippen LogP) is 4.88. The fourth-order valence-corrected chi connectivity index (χ4v) is 4.58. The van der Waals surface area contributed by atoms with Crippen molar-refractivity contribution >= 4 is 51.9 Å². The molecule has 2 amide bonds. The summed E-state index contributed by atoms with van der Waals surface area (Å²) in [5.74, 6) is 0.251. The molecule has 1 N–H and O–H groups in total. The molecule has 1 heterocycles. The lowest BCUT2D eigenvalue weighted by molar-refractivity contribution is -0.123. The second-order valence-electron chi connectivity index (χ2n) is 7.07. The van der Waals surface area contributed by atoms with E-state index in [1.807, 2.05) is 57.2 Å². The van der Waals surface area contributed by atoms with Crippen LogP contribution in [0.15, 0.2) is 53.4 Å². The Labute approximate surface area is 186 Å². The van der Waals surface area contributed by atoms with Crippen molar-refractivity contribution in [1.82, 2.24) is 4.90 Å². The van der Waals surface area contributed by atoms with Gasteiger partial charge in [0.25, 0.3) is 11.8 Å². The number of hydrogen-bond acceptors (Lipinski definition) is 5. The van der Waals surface area contributed by atoms with Crippen LogP contribution in [-0.4, -0.2) is 33.7 Å². The van der Waals surface area contributed by atoms with Crippen LogP contribution in [0.5, 0.6) is 5.75 Å². The third kappa shape index (κ3) is 5.29. The predicted molar refractivity (Wildman–Crippen MR) is 127 cm³/mol. The number of benzene rings is 2. The van der Waals surface area contributed by atoms with E-state index in [1.165, 1.54) is 11.8 Å². The van der Waals surface area contributed by atoms with E-state index in [9.17, 15) is 9.59 Å². The Kier molecular flexibility index (Phi) is 7.29. The van der Waals surface area contributed by atoms with Gasteiger partial charge in [0.15, 0.2) is 6.61 Å². The van der Waals surface area contributed by atoms with Crippen LogP contribution in [-0.2, 0) is 16.0 Å². The molecule has 156 valence electrons. The van der Waals surface area contributed by atoms with Crippen molar-refractivity contribution < 1.29 is 14.3 Å². The second-order valence-corrected chi connectivity index (χ2v) is 8.74. The highest BCUT2D eigenvalue weighted by atomic mass is 32.2. The lowest BCUT2D eigenvalue weighted by Crippen LogP contribution is -2.34. The average molecular weight is 441 g/mol. The smallest absolute Gasteiger partial charge is 0.266 e.